The highest BCUT2D eigenvalue weighted by Crippen LogP contribution is 2.43. The van der Waals surface area contributed by atoms with Crippen molar-refractivity contribution in [1.82, 2.24) is 0 Å². The lowest BCUT2D eigenvalue weighted by Crippen LogP contribution is -2.62. The van der Waals surface area contributed by atoms with Crippen molar-refractivity contribution in [1.29, 1.82) is 0 Å². The van der Waals surface area contributed by atoms with Gasteiger partial charge < -0.3 is 49.2 Å². The highest BCUT2D eigenvalue weighted by atomic mass is 16.8. The summed E-state index contributed by atoms with van der Waals surface area (Å²) in [5, 5.41) is 50.4. The van der Waals surface area contributed by atoms with Gasteiger partial charge in [0.05, 0.1) is 38.4 Å². The molecule has 5 N–H and O–H groups in total. The van der Waals surface area contributed by atoms with Crippen LogP contribution >= 0.6 is 0 Å². The second-order valence-corrected chi connectivity index (χ2v) is 7.14. The molecule has 2 saturated heterocycles. The third-order valence-corrected chi connectivity index (χ3v) is 5.26. The molecule has 3 unspecified atom stereocenters. The molecule has 0 amide bonds. The normalized spacial score (nSPS) is 41.7. The van der Waals surface area contributed by atoms with Gasteiger partial charge >= 0.3 is 17.9 Å². The maximum atomic E-state index is 12.1. The number of aliphatic hydroxyl groups excluding tert-OH is 4. The SMILES string of the molecule is COC(=O)C1=COC(O[C@@H]2O[C@H](CO)[C@@H](O)[C@H](O)[C@H]2O)C2(O)CC(=O)OC(=O)CC12. The Kier molecular flexibility index (Phi) is 6.43. The van der Waals surface area contributed by atoms with Crippen LogP contribution in [0.4, 0.5) is 0 Å². The highest BCUT2D eigenvalue weighted by Gasteiger charge is 2.58. The molecule has 8 atom stereocenters. The molecule has 0 aromatic heterocycles. The minimum Gasteiger partial charge on any atom is -0.469 e. The average molecular weight is 434 g/mol. The largest absolute Gasteiger partial charge is 0.469 e. The van der Waals surface area contributed by atoms with Gasteiger partial charge in [0.1, 0.15) is 30.0 Å². The van der Waals surface area contributed by atoms with E-state index >= 15 is 0 Å². The number of cyclic esters (lactones) is 2. The molecule has 0 aromatic carbocycles. The summed E-state index contributed by atoms with van der Waals surface area (Å²) in [5.41, 5.74) is -2.57. The minimum atomic E-state index is -2.32. The van der Waals surface area contributed by atoms with Crippen molar-refractivity contribution in [3.8, 4) is 0 Å². The zero-order chi connectivity index (χ0) is 22.2. The smallest absolute Gasteiger partial charge is 0.337 e. The molecule has 13 heteroatoms. The zero-order valence-corrected chi connectivity index (χ0v) is 15.7. The third-order valence-electron chi connectivity index (χ3n) is 5.26. The maximum Gasteiger partial charge on any atom is 0.337 e. The van der Waals surface area contributed by atoms with E-state index in [1.807, 2.05) is 0 Å². The van der Waals surface area contributed by atoms with Crippen LogP contribution in [0.25, 0.3) is 0 Å². The van der Waals surface area contributed by atoms with Crippen molar-refractivity contribution in [2.75, 3.05) is 13.7 Å². The van der Waals surface area contributed by atoms with E-state index < -0.39 is 85.9 Å². The molecular formula is C17H22O13. The van der Waals surface area contributed by atoms with Crippen LogP contribution in [0, 0.1) is 5.92 Å². The quantitative estimate of drug-likeness (QED) is 0.215. The molecule has 0 aliphatic carbocycles. The first-order valence-corrected chi connectivity index (χ1v) is 8.98. The summed E-state index contributed by atoms with van der Waals surface area (Å²) in [4.78, 5) is 35.9. The van der Waals surface area contributed by atoms with E-state index in [-0.39, 0.29) is 5.57 Å². The molecule has 3 rings (SSSR count). The number of aliphatic hydroxyl groups is 5. The lowest BCUT2D eigenvalue weighted by atomic mass is 9.76. The summed E-state index contributed by atoms with van der Waals surface area (Å²) in [5.74, 6) is -4.36. The van der Waals surface area contributed by atoms with E-state index in [4.69, 9.17) is 14.2 Å². The van der Waals surface area contributed by atoms with Crippen LogP contribution in [0.15, 0.2) is 11.8 Å². The Balaban J connectivity index is 1.92. The van der Waals surface area contributed by atoms with Crippen LogP contribution in [-0.2, 0) is 38.1 Å². The van der Waals surface area contributed by atoms with E-state index in [0.29, 0.717) is 0 Å². The number of esters is 3. The first-order valence-electron chi connectivity index (χ1n) is 8.98. The summed E-state index contributed by atoms with van der Waals surface area (Å²) in [6.07, 6.45) is -10.5. The predicted molar refractivity (Wildman–Crippen MR) is 88.6 cm³/mol. The fourth-order valence-electron chi connectivity index (χ4n) is 3.62. The summed E-state index contributed by atoms with van der Waals surface area (Å²) >= 11 is 0. The molecule has 0 saturated carbocycles. The first kappa shape index (κ1) is 22.6. The van der Waals surface area contributed by atoms with E-state index in [0.717, 1.165) is 13.4 Å². The Hall–Kier alpha value is -2.13. The van der Waals surface area contributed by atoms with Crippen LogP contribution in [0.2, 0.25) is 0 Å². The molecule has 0 bridgehead atoms. The number of rotatable bonds is 4. The number of carbonyl (C=O) groups is 3. The molecule has 3 aliphatic rings. The van der Waals surface area contributed by atoms with Gasteiger partial charge in [-0.2, -0.15) is 0 Å². The number of carbonyl (C=O) groups excluding carboxylic acids is 3. The summed E-state index contributed by atoms with van der Waals surface area (Å²) < 4.78 is 25.0. The van der Waals surface area contributed by atoms with Gasteiger partial charge in [-0.05, 0) is 0 Å². The van der Waals surface area contributed by atoms with E-state index in [9.17, 15) is 39.9 Å². The Bertz CT molecular complexity index is 733. The zero-order valence-electron chi connectivity index (χ0n) is 15.7. The Morgan fingerprint density at radius 2 is 1.90 bits per heavy atom. The number of hydrogen-bond donors (Lipinski definition) is 5. The number of hydrogen-bond acceptors (Lipinski definition) is 13. The van der Waals surface area contributed by atoms with Crippen LogP contribution in [0.1, 0.15) is 12.8 Å². The Morgan fingerprint density at radius 3 is 2.53 bits per heavy atom. The first-order chi connectivity index (χ1) is 14.1. The molecule has 30 heavy (non-hydrogen) atoms. The van der Waals surface area contributed by atoms with Crippen LogP contribution < -0.4 is 0 Å². The number of fused-ring (bicyclic) bond motifs is 1. The molecule has 0 radical (unpaired) electrons. The van der Waals surface area contributed by atoms with Gasteiger partial charge in [-0.25, -0.2) is 4.79 Å². The second kappa shape index (κ2) is 8.55. The van der Waals surface area contributed by atoms with Crippen LogP contribution in [0.3, 0.4) is 0 Å². The fraction of sp³-hybridized carbons (Fsp3) is 0.706. The van der Waals surface area contributed by atoms with Crippen molar-refractivity contribution < 1.29 is 63.6 Å². The highest BCUT2D eigenvalue weighted by molar-refractivity contribution is 5.93. The average Bonchev–Trinajstić information content (AvgIpc) is 2.82. The van der Waals surface area contributed by atoms with Gasteiger partial charge in [-0.15, -0.1) is 0 Å². The molecule has 3 aliphatic heterocycles. The van der Waals surface area contributed by atoms with Gasteiger partial charge in [0.25, 0.3) is 0 Å². The Labute approximate surface area is 169 Å². The third kappa shape index (κ3) is 3.92. The molecule has 2 fully saturated rings. The van der Waals surface area contributed by atoms with Crippen molar-refractivity contribution >= 4 is 17.9 Å². The summed E-state index contributed by atoms with van der Waals surface area (Å²) in [6.45, 7) is -0.726. The van der Waals surface area contributed by atoms with E-state index in [2.05, 4.69) is 9.47 Å². The summed E-state index contributed by atoms with van der Waals surface area (Å²) in [7, 11) is 1.07. The topological polar surface area (TPSA) is 199 Å². The lowest BCUT2D eigenvalue weighted by Gasteiger charge is -2.46. The predicted octanol–water partition coefficient (Wildman–Crippen LogP) is -3.57. The molecule has 0 spiro atoms. The van der Waals surface area contributed by atoms with E-state index in [1.54, 1.807) is 0 Å². The minimum absolute atomic E-state index is 0.250. The molecule has 0 aromatic rings. The standard InChI is InChI=1S/C17H22O13/c1-26-14(24)6-5-27-16(17(25)3-10(20)29-9(19)2-7(6)17)30-15-13(23)12(22)11(21)8(4-18)28-15/h5,7-8,11-13,15-16,18,21-23,25H,2-4H2,1H3/t7?,8-,11-,12+,13-,15+,16?,17?/m1/s1. The van der Waals surface area contributed by atoms with Crippen molar-refractivity contribution in [3.63, 3.8) is 0 Å². The van der Waals surface area contributed by atoms with Gasteiger partial charge in [0.15, 0.2) is 6.29 Å². The van der Waals surface area contributed by atoms with Crippen molar-refractivity contribution in [2.24, 2.45) is 5.92 Å². The maximum absolute atomic E-state index is 12.1. The fourth-order valence-corrected chi connectivity index (χ4v) is 3.62. The molecule has 3 heterocycles. The van der Waals surface area contributed by atoms with Crippen LogP contribution in [-0.4, -0.2) is 99.8 Å². The second-order valence-electron chi connectivity index (χ2n) is 7.14. The van der Waals surface area contributed by atoms with Crippen molar-refractivity contribution in [2.45, 2.75) is 55.4 Å². The molecule has 168 valence electrons. The lowest BCUT2D eigenvalue weighted by molar-refractivity contribution is -0.359. The monoisotopic (exact) mass is 434 g/mol. The van der Waals surface area contributed by atoms with Gasteiger partial charge in [-0.3, -0.25) is 9.59 Å². The molecular weight excluding hydrogens is 412 g/mol. The number of ether oxygens (including phenoxy) is 5. The van der Waals surface area contributed by atoms with Crippen LogP contribution in [0.5, 0.6) is 0 Å². The van der Waals surface area contributed by atoms with Gasteiger partial charge in [0, 0.05) is 5.92 Å². The molecule has 13 nitrogen and oxygen atoms in total. The summed E-state index contributed by atoms with van der Waals surface area (Å²) in [6, 6.07) is 0. The number of methoxy groups -OCH3 is 1. The van der Waals surface area contributed by atoms with Gasteiger partial charge in [-0.1, -0.05) is 0 Å². The Morgan fingerprint density at radius 1 is 1.20 bits per heavy atom. The van der Waals surface area contributed by atoms with E-state index in [1.165, 1.54) is 0 Å². The van der Waals surface area contributed by atoms with Gasteiger partial charge in [0.2, 0.25) is 6.29 Å². The van der Waals surface area contributed by atoms with Crippen molar-refractivity contribution in [3.05, 3.63) is 11.8 Å².